The molecule has 1 aromatic carbocycles. The van der Waals surface area contributed by atoms with Crippen LogP contribution in [-0.4, -0.2) is 71.9 Å². The second-order valence-corrected chi connectivity index (χ2v) is 8.01. The van der Waals surface area contributed by atoms with Crippen LogP contribution in [0, 0.1) is 6.92 Å². The fourth-order valence-corrected chi connectivity index (χ4v) is 4.07. The molecule has 32 heavy (non-hydrogen) atoms. The summed E-state index contributed by atoms with van der Waals surface area (Å²) in [4.78, 5) is 22.0. The molecule has 0 aliphatic carbocycles. The van der Waals surface area contributed by atoms with Gasteiger partial charge < -0.3 is 15.0 Å². The van der Waals surface area contributed by atoms with Gasteiger partial charge in [0.15, 0.2) is 0 Å². The SMILES string of the molecule is COc1ccccc1-c1nn(C)cc1C(=O)NCCN1CCN(c2ccnc(C)c2)CC1. The molecule has 0 bridgehead atoms. The average Bonchev–Trinajstić information content (AvgIpc) is 3.21. The van der Waals surface area contributed by atoms with E-state index in [2.05, 4.69) is 37.3 Å². The van der Waals surface area contributed by atoms with Gasteiger partial charge in [0.1, 0.15) is 11.4 Å². The Kier molecular flexibility index (Phi) is 6.70. The number of benzene rings is 1. The van der Waals surface area contributed by atoms with Gasteiger partial charge in [0.05, 0.1) is 12.7 Å². The summed E-state index contributed by atoms with van der Waals surface area (Å²) in [6.45, 7) is 7.31. The zero-order valence-electron chi connectivity index (χ0n) is 18.9. The summed E-state index contributed by atoms with van der Waals surface area (Å²) >= 11 is 0. The van der Waals surface area contributed by atoms with E-state index in [1.807, 2.05) is 44.4 Å². The second-order valence-electron chi connectivity index (χ2n) is 8.01. The molecule has 3 aromatic rings. The molecule has 1 aliphatic heterocycles. The minimum absolute atomic E-state index is 0.120. The van der Waals surface area contributed by atoms with Crippen molar-refractivity contribution in [2.45, 2.75) is 6.92 Å². The molecule has 0 spiro atoms. The van der Waals surface area contributed by atoms with E-state index in [-0.39, 0.29) is 5.91 Å². The van der Waals surface area contributed by atoms with Crippen LogP contribution in [0.1, 0.15) is 16.1 Å². The van der Waals surface area contributed by atoms with Gasteiger partial charge in [-0.2, -0.15) is 5.10 Å². The van der Waals surface area contributed by atoms with Crippen molar-refractivity contribution in [3.05, 3.63) is 60.0 Å². The van der Waals surface area contributed by atoms with Gasteiger partial charge in [-0.1, -0.05) is 12.1 Å². The quantitative estimate of drug-likeness (QED) is 0.615. The topological polar surface area (TPSA) is 75.5 Å². The summed E-state index contributed by atoms with van der Waals surface area (Å²) in [5.74, 6) is 0.576. The molecule has 168 valence electrons. The van der Waals surface area contributed by atoms with Gasteiger partial charge in [-0.15, -0.1) is 0 Å². The Morgan fingerprint density at radius 3 is 2.69 bits per heavy atom. The lowest BCUT2D eigenvalue weighted by Crippen LogP contribution is -2.48. The largest absolute Gasteiger partial charge is 0.496 e. The first-order valence-corrected chi connectivity index (χ1v) is 10.9. The second kappa shape index (κ2) is 9.82. The number of hydrogen-bond donors (Lipinski definition) is 1. The Morgan fingerprint density at radius 2 is 1.94 bits per heavy atom. The van der Waals surface area contributed by atoms with Crippen LogP contribution in [0.25, 0.3) is 11.3 Å². The Labute approximate surface area is 188 Å². The molecule has 4 rings (SSSR count). The molecule has 0 unspecified atom stereocenters. The first-order valence-electron chi connectivity index (χ1n) is 10.9. The van der Waals surface area contributed by atoms with Crippen molar-refractivity contribution in [2.24, 2.45) is 7.05 Å². The third kappa shape index (κ3) is 4.91. The molecule has 2 aromatic heterocycles. The predicted molar refractivity (Wildman–Crippen MR) is 125 cm³/mol. The number of methoxy groups -OCH3 is 1. The summed E-state index contributed by atoms with van der Waals surface area (Å²) < 4.78 is 7.12. The number of pyridine rings is 1. The lowest BCUT2D eigenvalue weighted by atomic mass is 10.1. The Morgan fingerprint density at radius 1 is 1.16 bits per heavy atom. The number of hydrogen-bond acceptors (Lipinski definition) is 6. The lowest BCUT2D eigenvalue weighted by molar-refractivity contribution is 0.0948. The first-order chi connectivity index (χ1) is 15.5. The number of amides is 1. The number of para-hydroxylation sites is 1. The van der Waals surface area contributed by atoms with Crippen LogP contribution in [-0.2, 0) is 7.05 Å². The van der Waals surface area contributed by atoms with E-state index < -0.39 is 0 Å². The number of nitrogens with zero attached hydrogens (tertiary/aromatic N) is 5. The van der Waals surface area contributed by atoms with Crippen molar-refractivity contribution in [1.29, 1.82) is 0 Å². The number of rotatable bonds is 7. The van der Waals surface area contributed by atoms with Gasteiger partial charge in [0.25, 0.3) is 5.91 Å². The average molecular weight is 435 g/mol. The smallest absolute Gasteiger partial charge is 0.255 e. The van der Waals surface area contributed by atoms with Crippen molar-refractivity contribution in [1.82, 2.24) is 25.0 Å². The summed E-state index contributed by atoms with van der Waals surface area (Å²) in [7, 11) is 3.44. The fourth-order valence-electron chi connectivity index (χ4n) is 4.07. The molecular weight excluding hydrogens is 404 g/mol. The molecule has 8 nitrogen and oxygen atoms in total. The standard InChI is InChI=1S/C24H30N6O2/c1-18-16-19(8-9-25-18)30-14-12-29(13-15-30)11-10-26-24(31)21-17-28(2)27-23(21)20-6-4-5-7-22(20)32-3/h4-9,16-17H,10-15H2,1-3H3,(H,26,31). The van der Waals surface area contributed by atoms with E-state index >= 15 is 0 Å². The molecule has 1 fully saturated rings. The van der Waals surface area contributed by atoms with E-state index in [1.54, 1.807) is 18.0 Å². The predicted octanol–water partition coefficient (Wildman–Crippen LogP) is 2.35. The van der Waals surface area contributed by atoms with Crippen molar-refractivity contribution < 1.29 is 9.53 Å². The van der Waals surface area contributed by atoms with Gasteiger partial charge in [0.2, 0.25) is 0 Å². The minimum atomic E-state index is -0.120. The Balaban J connectivity index is 1.32. The number of aromatic nitrogens is 3. The van der Waals surface area contributed by atoms with Crippen molar-refractivity contribution >= 4 is 11.6 Å². The molecule has 1 amide bonds. The normalized spacial score (nSPS) is 14.4. The van der Waals surface area contributed by atoms with Gasteiger partial charge in [-0.3, -0.25) is 19.4 Å². The molecule has 0 saturated carbocycles. The third-order valence-corrected chi connectivity index (χ3v) is 5.77. The number of ether oxygens (including phenoxy) is 1. The monoisotopic (exact) mass is 434 g/mol. The van der Waals surface area contributed by atoms with Crippen LogP contribution in [0.2, 0.25) is 0 Å². The molecule has 1 aliphatic rings. The number of nitrogens with one attached hydrogen (secondary N) is 1. The van der Waals surface area contributed by atoms with Gasteiger partial charge in [-0.05, 0) is 31.2 Å². The highest BCUT2D eigenvalue weighted by Crippen LogP contribution is 2.30. The number of carbonyl (C=O) groups is 1. The Hall–Kier alpha value is -3.39. The van der Waals surface area contributed by atoms with E-state index in [9.17, 15) is 4.79 Å². The summed E-state index contributed by atoms with van der Waals surface area (Å²) in [5.41, 5.74) is 4.25. The van der Waals surface area contributed by atoms with Crippen molar-refractivity contribution in [3.63, 3.8) is 0 Å². The van der Waals surface area contributed by atoms with Crippen molar-refractivity contribution in [3.8, 4) is 17.0 Å². The highest BCUT2D eigenvalue weighted by Gasteiger charge is 2.21. The van der Waals surface area contributed by atoms with E-state index in [0.717, 1.165) is 44.0 Å². The number of anilines is 1. The summed E-state index contributed by atoms with van der Waals surface area (Å²) in [6, 6.07) is 11.8. The Bertz CT molecular complexity index is 1070. The molecule has 0 radical (unpaired) electrons. The van der Waals surface area contributed by atoms with Crippen LogP contribution in [0.5, 0.6) is 5.75 Å². The zero-order chi connectivity index (χ0) is 22.5. The molecule has 3 heterocycles. The lowest BCUT2D eigenvalue weighted by Gasteiger charge is -2.36. The maximum absolute atomic E-state index is 12.9. The highest BCUT2D eigenvalue weighted by molar-refractivity contribution is 6.00. The van der Waals surface area contributed by atoms with Gasteiger partial charge in [0, 0.05) is 75.7 Å². The highest BCUT2D eigenvalue weighted by atomic mass is 16.5. The van der Waals surface area contributed by atoms with Crippen LogP contribution in [0.4, 0.5) is 5.69 Å². The summed E-state index contributed by atoms with van der Waals surface area (Å²) in [5, 5.41) is 7.57. The maximum atomic E-state index is 12.9. The maximum Gasteiger partial charge on any atom is 0.255 e. The fraction of sp³-hybridized carbons (Fsp3) is 0.375. The summed E-state index contributed by atoms with van der Waals surface area (Å²) in [6.07, 6.45) is 3.62. The van der Waals surface area contributed by atoms with Gasteiger partial charge >= 0.3 is 0 Å². The molecule has 1 N–H and O–H groups in total. The molecular formula is C24H30N6O2. The first kappa shape index (κ1) is 21.8. The van der Waals surface area contributed by atoms with Crippen LogP contribution in [0.15, 0.2) is 48.8 Å². The number of aryl methyl sites for hydroxylation is 2. The van der Waals surface area contributed by atoms with Crippen LogP contribution >= 0.6 is 0 Å². The molecule has 0 atom stereocenters. The van der Waals surface area contributed by atoms with Crippen LogP contribution in [0.3, 0.4) is 0 Å². The molecule has 1 saturated heterocycles. The third-order valence-electron chi connectivity index (χ3n) is 5.77. The van der Waals surface area contributed by atoms with Crippen LogP contribution < -0.4 is 15.0 Å². The minimum Gasteiger partial charge on any atom is -0.496 e. The molecule has 8 heteroatoms. The number of piperazine rings is 1. The van der Waals surface area contributed by atoms with E-state index in [0.29, 0.717) is 23.6 Å². The van der Waals surface area contributed by atoms with Gasteiger partial charge in [-0.25, -0.2) is 0 Å². The van der Waals surface area contributed by atoms with E-state index in [4.69, 9.17) is 4.74 Å². The zero-order valence-corrected chi connectivity index (χ0v) is 18.9. The van der Waals surface area contributed by atoms with E-state index in [1.165, 1.54) is 5.69 Å². The number of carbonyl (C=O) groups excluding carboxylic acids is 1. The van der Waals surface area contributed by atoms with Crippen molar-refractivity contribution in [2.75, 3.05) is 51.3 Å².